The van der Waals surface area contributed by atoms with Gasteiger partial charge in [0.1, 0.15) is 16.7 Å². The Morgan fingerprint density at radius 2 is 1.91 bits per heavy atom. The normalized spacial score (nSPS) is 10.9. The molecule has 0 saturated carbocycles. The molecule has 2 heterocycles. The van der Waals surface area contributed by atoms with Crippen molar-refractivity contribution in [1.29, 1.82) is 0 Å². The minimum atomic E-state index is -0.223. The first-order chi connectivity index (χ1) is 10.5. The lowest BCUT2D eigenvalue weighted by Gasteiger charge is -2.17. The average Bonchev–Trinajstić information content (AvgIpc) is 2.80. The van der Waals surface area contributed by atoms with E-state index in [0.29, 0.717) is 21.7 Å². The fourth-order valence-corrected chi connectivity index (χ4v) is 2.64. The van der Waals surface area contributed by atoms with Gasteiger partial charge in [-0.05, 0) is 24.3 Å². The van der Waals surface area contributed by atoms with E-state index in [0.717, 1.165) is 10.9 Å². The van der Waals surface area contributed by atoms with Crippen molar-refractivity contribution in [1.82, 2.24) is 9.55 Å². The molecule has 0 fully saturated rings. The van der Waals surface area contributed by atoms with Crippen LogP contribution in [0.3, 0.4) is 0 Å². The zero-order valence-electron chi connectivity index (χ0n) is 12.0. The lowest BCUT2D eigenvalue weighted by atomic mass is 10.2. The minimum Gasteiger partial charge on any atom is -0.329 e. The maximum absolute atomic E-state index is 12.6. The highest BCUT2D eigenvalue weighted by molar-refractivity contribution is 6.42. The number of hydrogen-bond acceptors (Lipinski definition) is 2. The van der Waals surface area contributed by atoms with Gasteiger partial charge in [0, 0.05) is 19.5 Å². The molecule has 1 aromatic carbocycles. The van der Waals surface area contributed by atoms with E-state index in [4.69, 9.17) is 23.2 Å². The van der Waals surface area contributed by atoms with E-state index in [2.05, 4.69) is 4.98 Å². The summed E-state index contributed by atoms with van der Waals surface area (Å²) in [6, 6.07) is 13.1. The highest BCUT2D eigenvalue weighted by atomic mass is 35.5. The van der Waals surface area contributed by atoms with Gasteiger partial charge in [-0.1, -0.05) is 41.4 Å². The molecule has 0 aliphatic rings. The third-order valence-corrected chi connectivity index (χ3v) is 4.41. The number of para-hydroxylation sites is 1. The highest BCUT2D eigenvalue weighted by Crippen LogP contribution is 2.27. The zero-order valence-corrected chi connectivity index (χ0v) is 13.6. The summed E-state index contributed by atoms with van der Waals surface area (Å²) in [6.45, 7) is 0. The molecule has 3 aromatic rings. The Hall–Kier alpha value is -2.04. The summed E-state index contributed by atoms with van der Waals surface area (Å²) in [7, 11) is 3.37. The monoisotopic (exact) mass is 333 g/mol. The van der Waals surface area contributed by atoms with Crippen LogP contribution < -0.4 is 4.90 Å². The second-order valence-electron chi connectivity index (χ2n) is 4.95. The van der Waals surface area contributed by atoms with Crippen LogP contribution >= 0.6 is 23.2 Å². The number of fused-ring (bicyclic) bond motifs is 1. The predicted molar refractivity (Wildman–Crippen MR) is 89.9 cm³/mol. The largest absolute Gasteiger partial charge is 0.329 e. The third-order valence-electron chi connectivity index (χ3n) is 3.57. The summed E-state index contributed by atoms with van der Waals surface area (Å²) in [4.78, 5) is 18.6. The molecule has 22 heavy (non-hydrogen) atoms. The van der Waals surface area contributed by atoms with Crippen LogP contribution in [0.25, 0.3) is 10.9 Å². The van der Waals surface area contributed by atoms with Crippen molar-refractivity contribution >= 4 is 45.8 Å². The van der Waals surface area contributed by atoms with E-state index in [-0.39, 0.29) is 5.91 Å². The topological polar surface area (TPSA) is 38.1 Å². The molecule has 6 heteroatoms. The van der Waals surface area contributed by atoms with Gasteiger partial charge in [0.15, 0.2) is 0 Å². The fourth-order valence-electron chi connectivity index (χ4n) is 2.27. The second kappa shape index (κ2) is 5.63. The van der Waals surface area contributed by atoms with Crippen molar-refractivity contribution in [3.05, 3.63) is 58.3 Å². The summed E-state index contributed by atoms with van der Waals surface area (Å²) in [6.07, 6.45) is 0. The number of benzene rings is 1. The molecular formula is C16H13Cl2N3O. The van der Waals surface area contributed by atoms with Crippen LogP contribution in [0.5, 0.6) is 0 Å². The lowest BCUT2D eigenvalue weighted by molar-refractivity contribution is 0.0984. The van der Waals surface area contributed by atoms with Crippen molar-refractivity contribution in [3.8, 4) is 0 Å². The molecule has 0 saturated heterocycles. The number of aromatic nitrogens is 2. The number of amides is 1. The van der Waals surface area contributed by atoms with Gasteiger partial charge >= 0.3 is 0 Å². The average molecular weight is 334 g/mol. The van der Waals surface area contributed by atoms with Crippen LogP contribution in [-0.4, -0.2) is 22.5 Å². The smallest absolute Gasteiger partial charge is 0.275 e. The van der Waals surface area contributed by atoms with E-state index >= 15 is 0 Å². The van der Waals surface area contributed by atoms with Gasteiger partial charge in [0.25, 0.3) is 5.91 Å². The number of anilines is 1. The fraction of sp³-hybridized carbons (Fsp3) is 0.125. The molecule has 0 spiro atoms. The maximum Gasteiger partial charge on any atom is 0.275 e. The SMILES string of the molecule is CN(C(=O)c1cc(Cl)c(Cl)n1C)c1ccc2ccccc2n1. The van der Waals surface area contributed by atoms with Gasteiger partial charge in [-0.3, -0.25) is 9.69 Å². The quantitative estimate of drug-likeness (QED) is 0.706. The maximum atomic E-state index is 12.6. The van der Waals surface area contributed by atoms with Crippen LogP contribution in [0, 0.1) is 0 Å². The molecule has 0 N–H and O–H groups in total. The Bertz CT molecular complexity index is 873. The Morgan fingerprint density at radius 1 is 1.18 bits per heavy atom. The third kappa shape index (κ3) is 2.45. The molecule has 1 amide bonds. The Labute approximate surface area is 137 Å². The standard InChI is InChI=1S/C16H13Cl2N3O/c1-20-13(9-11(17)15(20)18)16(22)21(2)14-8-7-10-5-3-4-6-12(10)19-14/h3-9H,1-2H3. The predicted octanol–water partition coefficient (Wildman–Crippen LogP) is 4.16. The van der Waals surface area contributed by atoms with E-state index in [1.165, 1.54) is 4.90 Å². The molecule has 4 nitrogen and oxygen atoms in total. The highest BCUT2D eigenvalue weighted by Gasteiger charge is 2.21. The second-order valence-corrected chi connectivity index (χ2v) is 5.72. The van der Waals surface area contributed by atoms with Crippen molar-refractivity contribution in [2.24, 2.45) is 7.05 Å². The summed E-state index contributed by atoms with van der Waals surface area (Å²) in [5.74, 6) is 0.344. The molecule has 0 aliphatic carbocycles. The van der Waals surface area contributed by atoms with Crippen LogP contribution in [0.4, 0.5) is 5.82 Å². The van der Waals surface area contributed by atoms with Crippen LogP contribution in [0.1, 0.15) is 10.5 Å². The Balaban J connectivity index is 1.99. The van der Waals surface area contributed by atoms with Gasteiger partial charge in [0.2, 0.25) is 0 Å². The number of hydrogen-bond donors (Lipinski definition) is 0. The van der Waals surface area contributed by atoms with E-state index in [1.54, 1.807) is 24.7 Å². The summed E-state index contributed by atoms with van der Waals surface area (Å²) in [5.41, 5.74) is 1.25. The van der Waals surface area contributed by atoms with Crippen LogP contribution in [0.15, 0.2) is 42.5 Å². The lowest BCUT2D eigenvalue weighted by Crippen LogP contribution is -2.28. The van der Waals surface area contributed by atoms with Crippen LogP contribution in [0.2, 0.25) is 10.2 Å². The van der Waals surface area contributed by atoms with Crippen molar-refractivity contribution in [3.63, 3.8) is 0 Å². The Kier molecular flexibility index (Phi) is 3.81. The minimum absolute atomic E-state index is 0.223. The molecule has 0 radical (unpaired) electrons. The summed E-state index contributed by atoms with van der Waals surface area (Å²) in [5, 5.41) is 1.72. The van der Waals surface area contributed by atoms with Gasteiger partial charge in [-0.2, -0.15) is 0 Å². The zero-order chi connectivity index (χ0) is 15.9. The van der Waals surface area contributed by atoms with Gasteiger partial charge in [-0.15, -0.1) is 0 Å². The van der Waals surface area contributed by atoms with E-state index in [1.807, 2.05) is 36.4 Å². The summed E-state index contributed by atoms with van der Waals surface area (Å²) >= 11 is 12.0. The molecular weight excluding hydrogens is 321 g/mol. The Morgan fingerprint density at radius 3 is 2.59 bits per heavy atom. The summed E-state index contributed by atoms with van der Waals surface area (Å²) < 4.78 is 1.56. The van der Waals surface area contributed by atoms with Crippen molar-refractivity contribution < 1.29 is 4.79 Å². The molecule has 0 aliphatic heterocycles. The molecule has 2 aromatic heterocycles. The number of pyridine rings is 1. The van der Waals surface area contributed by atoms with Gasteiger partial charge < -0.3 is 4.57 Å². The van der Waals surface area contributed by atoms with Crippen molar-refractivity contribution in [2.75, 3.05) is 11.9 Å². The first kappa shape index (κ1) is 14.9. The molecule has 0 atom stereocenters. The van der Waals surface area contributed by atoms with Crippen molar-refractivity contribution in [2.45, 2.75) is 0 Å². The molecule has 0 bridgehead atoms. The van der Waals surface area contributed by atoms with Gasteiger partial charge in [-0.25, -0.2) is 4.98 Å². The molecule has 0 unspecified atom stereocenters. The number of nitrogens with zero attached hydrogens (tertiary/aromatic N) is 3. The van der Waals surface area contributed by atoms with E-state index in [9.17, 15) is 4.79 Å². The molecule has 3 rings (SSSR count). The molecule has 112 valence electrons. The van der Waals surface area contributed by atoms with Crippen LogP contribution in [-0.2, 0) is 7.05 Å². The number of halogens is 2. The van der Waals surface area contributed by atoms with Gasteiger partial charge in [0.05, 0.1) is 10.5 Å². The van der Waals surface area contributed by atoms with E-state index < -0.39 is 0 Å². The number of carbonyl (C=O) groups is 1. The number of rotatable bonds is 2. The first-order valence-electron chi connectivity index (χ1n) is 6.63. The first-order valence-corrected chi connectivity index (χ1v) is 7.39. The number of carbonyl (C=O) groups excluding carboxylic acids is 1.